The van der Waals surface area contributed by atoms with E-state index in [-0.39, 0.29) is 0 Å². The maximum Gasteiger partial charge on any atom is 0.119 e. The third-order valence-corrected chi connectivity index (χ3v) is 3.10. The number of hydrogen-bond acceptors (Lipinski definition) is 1. The Morgan fingerprint density at radius 3 is 2.72 bits per heavy atom. The number of rotatable bonds is 3. The van der Waals surface area contributed by atoms with E-state index in [9.17, 15) is 0 Å². The van der Waals surface area contributed by atoms with Crippen LogP contribution in [0.2, 0.25) is 5.02 Å². The fraction of sp³-hybridized carbons (Fsp3) is 0.0667. The smallest absolute Gasteiger partial charge is 0.119 e. The average Bonchev–Trinajstić information content (AvgIpc) is 2.80. The van der Waals surface area contributed by atoms with Crippen LogP contribution in [0.25, 0.3) is 10.9 Å². The highest BCUT2D eigenvalue weighted by atomic mass is 35.5. The molecule has 0 saturated carbocycles. The molecule has 0 amide bonds. The molecule has 0 bridgehead atoms. The van der Waals surface area contributed by atoms with Gasteiger partial charge < -0.3 is 9.72 Å². The van der Waals surface area contributed by atoms with Crippen LogP contribution in [0.5, 0.6) is 5.75 Å². The molecule has 18 heavy (non-hydrogen) atoms. The zero-order valence-corrected chi connectivity index (χ0v) is 10.4. The van der Waals surface area contributed by atoms with E-state index in [1.54, 1.807) is 0 Å². The second-order valence-corrected chi connectivity index (χ2v) is 4.54. The monoisotopic (exact) mass is 257 g/mol. The zero-order chi connectivity index (χ0) is 12.4. The Morgan fingerprint density at radius 2 is 1.89 bits per heavy atom. The summed E-state index contributed by atoms with van der Waals surface area (Å²) < 4.78 is 5.74. The molecule has 0 unspecified atom stereocenters. The standard InChI is InChI=1S/C15H12ClNO/c16-12-6-7-15-14(8-12)11(9-17-15)10-18-13-4-2-1-3-5-13/h1-9,17H,10H2. The Labute approximate surface area is 110 Å². The summed E-state index contributed by atoms with van der Waals surface area (Å²) in [6.45, 7) is 0.532. The topological polar surface area (TPSA) is 25.0 Å². The summed E-state index contributed by atoms with van der Waals surface area (Å²) in [5, 5.41) is 1.85. The van der Waals surface area contributed by atoms with Gasteiger partial charge in [0.1, 0.15) is 12.4 Å². The number of benzene rings is 2. The predicted molar refractivity (Wildman–Crippen MR) is 74.1 cm³/mol. The Bertz CT molecular complexity index is 661. The summed E-state index contributed by atoms with van der Waals surface area (Å²) in [6, 6.07) is 15.6. The summed E-state index contributed by atoms with van der Waals surface area (Å²) >= 11 is 6.01. The summed E-state index contributed by atoms with van der Waals surface area (Å²) in [7, 11) is 0. The number of nitrogens with one attached hydrogen (secondary N) is 1. The van der Waals surface area contributed by atoms with Gasteiger partial charge in [0.15, 0.2) is 0 Å². The number of para-hydroxylation sites is 1. The third kappa shape index (κ3) is 2.20. The maximum atomic E-state index is 6.01. The zero-order valence-electron chi connectivity index (χ0n) is 9.69. The van der Waals surface area contributed by atoms with E-state index in [0.717, 1.165) is 27.2 Å². The second kappa shape index (κ2) is 4.75. The van der Waals surface area contributed by atoms with E-state index in [1.807, 2.05) is 54.7 Å². The van der Waals surface area contributed by atoms with Gasteiger partial charge in [-0.15, -0.1) is 0 Å². The molecule has 0 fully saturated rings. The first-order valence-corrected chi connectivity index (χ1v) is 6.14. The van der Waals surface area contributed by atoms with Gasteiger partial charge in [-0.05, 0) is 30.3 Å². The number of aromatic amines is 1. The molecule has 1 N–H and O–H groups in total. The molecule has 3 rings (SSSR count). The third-order valence-electron chi connectivity index (χ3n) is 2.87. The Morgan fingerprint density at radius 1 is 1.06 bits per heavy atom. The van der Waals surface area contributed by atoms with E-state index >= 15 is 0 Å². The fourth-order valence-electron chi connectivity index (χ4n) is 1.95. The SMILES string of the molecule is Clc1ccc2[nH]cc(COc3ccccc3)c2c1. The number of ether oxygens (including phenoxy) is 1. The lowest BCUT2D eigenvalue weighted by molar-refractivity contribution is 0.307. The number of H-pyrrole nitrogens is 1. The number of aromatic nitrogens is 1. The first-order chi connectivity index (χ1) is 8.83. The van der Waals surface area contributed by atoms with Gasteiger partial charge in [0.2, 0.25) is 0 Å². The summed E-state index contributed by atoms with van der Waals surface area (Å²) in [6.07, 6.45) is 1.96. The van der Waals surface area contributed by atoms with E-state index in [2.05, 4.69) is 4.98 Å². The fourth-order valence-corrected chi connectivity index (χ4v) is 2.12. The summed E-state index contributed by atoms with van der Waals surface area (Å²) in [4.78, 5) is 3.21. The lowest BCUT2D eigenvalue weighted by Crippen LogP contribution is -1.93. The van der Waals surface area contributed by atoms with Crippen molar-refractivity contribution in [3.05, 3.63) is 65.3 Å². The van der Waals surface area contributed by atoms with E-state index in [0.29, 0.717) is 6.61 Å². The maximum absolute atomic E-state index is 6.01. The van der Waals surface area contributed by atoms with Gasteiger partial charge in [-0.1, -0.05) is 29.8 Å². The van der Waals surface area contributed by atoms with Crippen LogP contribution in [0.3, 0.4) is 0 Å². The molecule has 90 valence electrons. The van der Waals surface area contributed by atoms with Gasteiger partial charge in [0.25, 0.3) is 0 Å². The molecule has 3 heteroatoms. The Kier molecular flexibility index (Phi) is 2.95. The van der Waals surface area contributed by atoms with Crippen molar-refractivity contribution in [2.24, 2.45) is 0 Å². The van der Waals surface area contributed by atoms with Crippen molar-refractivity contribution in [3.8, 4) is 5.75 Å². The highest BCUT2D eigenvalue weighted by Gasteiger charge is 2.04. The van der Waals surface area contributed by atoms with Gasteiger partial charge in [-0.2, -0.15) is 0 Å². The van der Waals surface area contributed by atoms with Crippen LogP contribution in [-0.4, -0.2) is 4.98 Å². The highest BCUT2D eigenvalue weighted by Crippen LogP contribution is 2.23. The highest BCUT2D eigenvalue weighted by molar-refractivity contribution is 6.31. The van der Waals surface area contributed by atoms with Crippen LogP contribution in [0, 0.1) is 0 Å². The first kappa shape index (κ1) is 11.2. The molecule has 1 heterocycles. The van der Waals surface area contributed by atoms with Crippen LogP contribution in [0.15, 0.2) is 54.7 Å². The average molecular weight is 258 g/mol. The van der Waals surface area contributed by atoms with Gasteiger partial charge in [-0.25, -0.2) is 0 Å². The molecular formula is C15H12ClNO. The van der Waals surface area contributed by atoms with E-state index in [1.165, 1.54) is 0 Å². The molecule has 1 aromatic heterocycles. The molecular weight excluding hydrogens is 246 g/mol. The van der Waals surface area contributed by atoms with Crippen LogP contribution < -0.4 is 4.74 Å². The van der Waals surface area contributed by atoms with Crippen LogP contribution in [0.4, 0.5) is 0 Å². The molecule has 3 aromatic rings. The van der Waals surface area contributed by atoms with Crippen molar-refractivity contribution in [2.75, 3.05) is 0 Å². The van der Waals surface area contributed by atoms with Crippen molar-refractivity contribution in [1.82, 2.24) is 4.98 Å². The molecule has 0 radical (unpaired) electrons. The Balaban J connectivity index is 1.85. The number of halogens is 1. The van der Waals surface area contributed by atoms with Crippen molar-refractivity contribution in [2.45, 2.75) is 6.61 Å². The van der Waals surface area contributed by atoms with Crippen molar-refractivity contribution in [3.63, 3.8) is 0 Å². The molecule has 0 aliphatic heterocycles. The van der Waals surface area contributed by atoms with Crippen LogP contribution >= 0.6 is 11.6 Å². The second-order valence-electron chi connectivity index (χ2n) is 4.11. The molecule has 0 spiro atoms. The summed E-state index contributed by atoms with van der Waals surface area (Å²) in [5.74, 6) is 0.869. The summed E-state index contributed by atoms with van der Waals surface area (Å²) in [5.41, 5.74) is 2.18. The Hall–Kier alpha value is -1.93. The molecule has 2 nitrogen and oxygen atoms in total. The van der Waals surface area contributed by atoms with E-state index < -0.39 is 0 Å². The molecule has 2 aromatic carbocycles. The molecule has 0 saturated heterocycles. The lowest BCUT2D eigenvalue weighted by Gasteiger charge is -2.04. The molecule has 0 atom stereocenters. The largest absolute Gasteiger partial charge is 0.489 e. The number of hydrogen-bond donors (Lipinski definition) is 1. The number of fused-ring (bicyclic) bond motifs is 1. The van der Waals surface area contributed by atoms with Crippen LogP contribution in [-0.2, 0) is 6.61 Å². The van der Waals surface area contributed by atoms with Gasteiger partial charge in [0, 0.05) is 27.7 Å². The molecule has 0 aliphatic rings. The normalized spacial score (nSPS) is 10.7. The van der Waals surface area contributed by atoms with Gasteiger partial charge in [0.05, 0.1) is 0 Å². The minimum Gasteiger partial charge on any atom is -0.489 e. The quantitative estimate of drug-likeness (QED) is 0.739. The van der Waals surface area contributed by atoms with Crippen molar-refractivity contribution >= 4 is 22.5 Å². The van der Waals surface area contributed by atoms with Crippen molar-refractivity contribution in [1.29, 1.82) is 0 Å². The predicted octanol–water partition coefficient (Wildman–Crippen LogP) is 4.40. The molecule has 0 aliphatic carbocycles. The van der Waals surface area contributed by atoms with Gasteiger partial charge in [-0.3, -0.25) is 0 Å². The lowest BCUT2D eigenvalue weighted by atomic mass is 10.2. The minimum absolute atomic E-state index is 0.532. The van der Waals surface area contributed by atoms with E-state index in [4.69, 9.17) is 16.3 Å². The first-order valence-electron chi connectivity index (χ1n) is 5.76. The minimum atomic E-state index is 0.532. The van der Waals surface area contributed by atoms with Crippen LogP contribution in [0.1, 0.15) is 5.56 Å². The van der Waals surface area contributed by atoms with Gasteiger partial charge >= 0.3 is 0 Å². The van der Waals surface area contributed by atoms with Crippen molar-refractivity contribution < 1.29 is 4.74 Å².